The fourth-order valence-electron chi connectivity index (χ4n) is 2.93. The van der Waals surface area contributed by atoms with Crippen molar-refractivity contribution in [1.82, 2.24) is 4.90 Å². The highest BCUT2D eigenvalue weighted by atomic mass is 16.5. The van der Waals surface area contributed by atoms with Crippen LogP contribution in [0.15, 0.2) is 10.7 Å². The first-order valence-corrected chi connectivity index (χ1v) is 7.48. The van der Waals surface area contributed by atoms with E-state index in [0.29, 0.717) is 30.8 Å². The largest absolute Gasteiger partial charge is 0.481 e. The average molecular weight is 325 g/mol. The molecule has 2 rings (SSSR count). The van der Waals surface area contributed by atoms with Crippen molar-refractivity contribution in [2.24, 2.45) is 0 Å². The van der Waals surface area contributed by atoms with Crippen LogP contribution in [0.25, 0.3) is 0 Å². The Hall–Kier alpha value is -1.86. The Kier molecular flexibility index (Phi) is 5.11. The molecule has 1 aliphatic rings. The lowest BCUT2D eigenvalue weighted by atomic mass is 10.0. The van der Waals surface area contributed by atoms with Gasteiger partial charge in [-0.25, -0.2) is 0 Å². The molecule has 0 aromatic carbocycles. The molecule has 1 aromatic rings. The number of morpholine rings is 1. The van der Waals surface area contributed by atoms with Gasteiger partial charge in [0.2, 0.25) is 0 Å². The Morgan fingerprint density at radius 2 is 2.17 bits per heavy atom. The number of methoxy groups -OCH3 is 1. The number of rotatable bonds is 5. The minimum absolute atomic E-state index is 0.188. The molecule has 1 aliphatic heterocycles. The molecular formula is C16H23NO6. The molecule has 7 nitrogen and oxygen atoms in total. The summed E-state index contributed by atoms with van der Waals surface area (Å²) in [5.41, 5.74) is 0.474. The normalized spacial score (nSPS) is 20.5. The Morgan fingerprint density at radius 1 is 1.48 bits per heavy atom. The molecule has 1 unspecified atom stereocenters. The summed E-state index contributed by atoms with van der Waals surface area (Å²) in [6.07, 6.45) is 0.885. The minimum Gasteiger partial charge on any atom is -0.481 e. The standard InChI is InChI=1S/C16H23NO6/c1-10-7-22-12(5-13(18)19)14(10)15(20)17-6-11(8-21-4)23-16(2,3)9-17/h7,11H,5-6,8-9H2,1-4H3,(H,18,19). The number of hydrogen-bond donors (Lipinski definition) is 1. The summed E-state index contributed by atoms with van der Waals surface area (Å²) >= 11 is 0. The van der Waals surface area contributed by atoms with Crippen LogP contribution in [-0.2, 0) is 20.7 Å². The van der Waals surface area contributed by atoms with E-state index in [1.807, 2.05) is 13.8 Å². The summed E-state index contributed by atoms with van der Waals surface area (Å²) in [4.78, 5) is 25.5. The lowest BCUT2D eigenvalue weighted by molar-refractivity contribution is -0.143. The summed E-state index contributed by atoms with van der Waals surface area (Å²) < 4.78 is 16.3. The first-order chi connectivity index (χ1) is 10.7. The molecule has 0 saturated carbocycles. The van der Waals surface area contributed by atoms with Gasteiger partial charge in [-0.3, -0.25) is 9.59 Å². The summed E-state index contributed by atoms with van der Waals surface area (Å²) in [5.74, 6) is -1.08. The van der Waals surface area contributed by atoms with Crippen molar-refractivity contribution in [2.45, 2.75) is 38.9 Å². The zero-order chi connectivity index (χ0) is 17.2. The first kappa shape index (κ1) is 17.5. The summed E-state index contributed by atoms with van der Waals surface area (Å²) in [6, 6.07) is 0. The maximum Gasteiger partial charge on any atom is 0.311 e. The van der Waals surface area contributed by atoms with Gasteiger partial charge in [0.15, 0.2) is 0 Å². The Bertz CT molecular complexity index is 591. The Labute approximate surface area is 135 Å². The molecule has 0 radical (unpaired) electrons. The molecule has 0 aliphatic carbocycles. The van der Waals surface area contributed by atoms with Crippen molar-refractivity contribution in [2.75, 3.05) is 26.8 Å². The second-order valence-corrected chi connectivity index (χ2v) is 6.43. The van der Waals surface area contributed by atoms with Crippen LogP contribution in [-0.4, -0.2) is 60.4 Å². The highest BCUT2D eigenvalue weighted by molar-refractivity contribution is 5.97. The molecule has 7 heteroatoms. The van der Waals surface area contributed by atoms with Crippen LogP contribution < -0.4 is 0 Å². The number of carbonyl (C=O) groups is 2. The molecule has 23 heavy (non-hydrogen) atoms. The zero-order valence-electron chi connectivity index (χ0n) is 13.9. The van der Waals surface area contributed by atoms with Crippen LogP contribution in [0.2, 0.25) is 0 Å². The lowest BCUT2D eigenvalue weighted by Crippen LogP contribution is -2.55. The van der Waals surface area contributed by atoms with Crippen LogP contribution in [0.5, 0.6) is 0 Å². The van der Waals surface area contributed by atoms with Crippen LogP contribution >= 0.6 is 0 Å². The van der Waals surface area contributed by atoms with Crippen LogP contribution in [0, 0.1) is 6.92 Å². The van der Waals surface area contributed by atoms with Gasteiger partial charge in [0.25, 0.3) is 5.91 Å². The Balaban J connectivity index is 2.25. The molecule has 128 valence electrons. The molecule has 1 saturated heterocycles. The van der Waals surface area contributed by atoms with Gasteiger partial charge in [-0.2, -0.15) is 0 Å². The number of hydrogen-bond acceptors (Lipinski definition) is 5. The van der Waals surface area contributed by atoms with Crippen molar-refractivity contribution in [1.29, 1.82) is 0 Å². The van der Waals surface area contributed by atoms with Crippen molar-refractivity contribution >= 4 is 11.9 Å². The van der Waals surface area contributed by atoms with Crippen LogP contribution in [0.3, 0.4) is 0 Å². The van der Waals surface area contributed by atoms with Gasteiger partial charge < -0.3 is 23.9 Å². The van der Waals surface area contributed by atoms with Gasteiger partial charge in [0, 0.05) is 25.8 Å². The number of carbonyl (C=O) groups excluding carboxylic acids is 1. The van der Waals surface area contributed by atoms with Gasteiger partial charge in [-0.15, -0.1) is 0 Å². The van der Waals surface area contributed by atoms with Crippen molar-refractivity contribution < 1.29 is 28.6 Å². The second-order valence-electron chi connectivity index (χ2n) is 6.43. The number of nitrogens with zero attached hydrogens (tertiary/aromatic N) is 1. The van der Waals surface area contributed by atoms with E-state index in [4.69, 9.17) is 19.0 Å². The van der Waals surface area contributed by atoms with E-state index < -0.39 is 11.6 Å². The molecule has 1 aromatic heterocycles. The molecule has 0 bridgehead atoms. The van der Waals surface area contributed by atoms with E-state index >= 15 is 0 Å². The summed E-state index contributed by atoms with van der Waals surface area (Å²) in [7, 11) is 1.59. The van der Waals surface area contributed by atoms with E-state index in [9.17, 15) is 9.59 Å². The zero-order valence-corrected chi connectivity index (χ0v) is 13.9. The molecule has 1 atom stereocenters. The molecule has 1 fully saturated rings. The number of ether oxygens (including phenoxy) is 2. The number of aryl methyl sites for hydroxylation is 1. The highest BCUT2D eigenvalue weighted by Gasteiger charge is 2.37. The van der Waals surface area contributed by atoms with Gasteiger partial charge in [-0.05, 0) is 20.8 Å². The predicted octanol–water partition coefficient (Wildman–Crippen LogP) is 1.48. The number of carboxylic acid groups (broad SMARTS) is 1. The van der Waals surface area contributed by atoms with E-state index in [2.05, 4.69) is 0 Å². The molecule has 0 spiro atoms. The van der Waals surface area contributed by atoms with Crippen molar-refractivity contribution in [3.63, 3.8) is 0 Å². The summed E-state index contributed by atoms with van der Waals surface area (Å²) in [6.45, 7) is 6.77. The highest BCUT2D eigenvalue weighted by Crippen LogP contribution is 2.26. The quantitative estimate of drug-likeness (QED) is 0.882. The van der Waals surface area contributed by atoms with E-state index in [1.165, 1.54) is 6.26 Å². The maximum absolute atomic E-state index is 12.9. The van der Waals surface area contributed by atoms with Gasteiger partial charge >= 0.3 is 5.97 Å². The average Bonchev–Trinajstić information content (AvgIpc) is 2.76. The minimum atomic E-state index is -1.03. The van der Waals surface area contributed by atoms with Crippen LogP contribution in [0.1, 0.15) is 35.5 Å². The third kappa shape index (κ3) is 4.11. The summed E-state index contributed by atoms with van der Waals surface area (Å²) in [5, 5.41) is 8.97. The third-order valence-electron chi connectivity index (χ3n) is 3.70. The van der Waals surface area contributed by atoms with Crippen LogP contribution in [0.4, 0.5) is 0 Å². The van der Waals surface area contributed by atoms with E-state index in [0.717, 1.165) is 0 Å². The number of carboxylic acids is 1. The lowest BCUT2D eigenvalue weighted by Gasteiger charge is -2.42. The van der Waals surface area contributed by atoms with Crippen molar-refractivity contribution in [3.05, 3.63) is 23.2 Å². The Morgan fingerprint density at radius 3 is 2.78 bits per heavy atom. The first-order valence-electron chi connectivity index (χ1n) is 7.48. The fraction of sp³-hybridized carbons (Fsp3) is 0.625. The van der Waals surface area contributed by atoms with Gasteiger partial charge in [0.05, 0.1) is 30.1 Å². The number of furan rings is 1. The van der Waals surface area contributed by atoms with E-state index in [-0.39, 0.29) is 24.2 Å². The third-order valence-corrected chi connectivity index (χ3v) is 3.70. The maximum atomic E-state index is 12.9. The van der Waals surface area contributed by atoms with Crippen molar-refractivity contribution in [3.8, 4) is 0 Å². The van der Waals surface area contributed by atoms with E-state index in [1.54, 1.807) is 18.9 Å². The smallest absolute Gasteiger partial charge is 0.311 e. The molecular weight excluding hydrogens is 302 g/mol. The topological polar surface area (TPSA) is 89.2 Å². The predicted molar refractivity (Wildman–Crippen MR) is 81.5 cm³/mol. The second kappa shape index (κ2) is 6.72. The molecule has 1 N–H and O–H groups in total. The monoisotopic (exact) mass is 325 g/mol. The van der Waals surface area contributed by atoms with Gasteiger partial charge in [0.1, 0.15) is 12.2 Å². The number of aliphatic carboxylic acids is 1. The molecule has 2 heterocycles. The molecule has 1 amide bonds. The SMILES string of the molecule is COCC1CN(C(=O)c2c(C)coc2CC(=O)O)CC(C)(C)O1. The fourth-order valence-corrected chi connectivity index (χ4v) is 2.93. The van der Waals surface area contributed by atoms with Gasteiger partial charge in [-0.1, -0.05) is 0 Å². The number of amides is 1.